The summed E-state index contributed by atoms with van der Waals surface area (Å²) >= 11 is 0. The van der Waals surface area contributed by atoms with Gasteiger partial charge in [-0.05, 0) is 51.1 Å². The van der Waals surface area contributed by atoms with Crippen molar-refractivity contribution in [2.24, 2.45) is 0 Å². The Morgan fingerprint density at radius 1 is 1.07 bits per heavy atom. The fourth-order valence-electron chi connectivity index (χ4n) is 2.41. The lowest BCUT2D eigenvalue weighted by atomic mass is 10.1. The summed E-state index contributed by atoms with van der Waals surface area (Å²) in [5.74, 6) is -0.491. The van der Waals surface area contributed by atoms with Crippen molar-refractivity contribution >= 4 is 11.8 Å². The standard InChI is InChI=1S/C12H12N2O6.C6H15N/c1-2-19-8-3-4-9-10(7-8)12(16)13(11(9)15)5-6-20-14(17)18;1-3-5-7-6-4-2/h3-4,7H,2,5-6H2,1H3;7H,3-6H2,1-2H3. The molecule has 2 amide bonds. The molecule has 1 heterocycles. The number of imide groups is 1. The number of carbonyl (C=O) groups is 2. The van der Waals surface area contributed by atoms with E-state index in [2.05, 4.69) is 24.0 Å². The van der Waals surface area contributed by atoms with E-state index in [-0.39, 0.29) is 24.3 Å². The quantitative estimate of drug-likeness (QED) is 0.286. The maximum atomic E-state index is 12.1. The van der Waals surface area contributed by atoms with Crippen molar-refractivity contribution in [3.8, 4) is 5.75 Å². The number of hydrogen-bond acceptors (Lipinski definition) is 7. The fraction of sp³-hybridized carbons (Fsp3) is 0.556. The molecule has 0 spiro atoms. The van der Waals surface area contributed by atoms with E-state index < -0.39 is 16.9 Å². The summed E-state index contributed by atoms with van der Waals surface area (Å²) in [6.45, 7) is 8.45. The number of fused-ring (bicyclic) bond motifs is 1. The molecule has 1 aliphatic heterocycles. The molecule has 9 heteroatoms. The molecule has 0 fully saturated rings. The van der Waals surface area contributed by atoms with Crippen LogP contribution < -0.4 is 10.1 Å². The minimum atomic E-state index is -0.967. The topological polar surface area (TPSA) is 111 Å². The van der Waals surface area contributed by atoms with Crippen LogP contribution in [-0.4, -0.2) is 54.6 Å². The van der Waals surface area contributed by atoms with Crippen LogP contribution in [0.5, 0.6) is 5.75 Å². The molecule has 0 bridgehead atoms. The molecule has 0 radical (unpaired) electrons. The summed E-state index contributed by atoms with van der Waals surface area (Å²) in [6.07, 6.45) is 2.50. The van der Waals surface area contributed by atoms with Crippen LogP contribution in [-0.2, 0) is 4.84 Å². The van der Waals surface area contributed by atoms with Crippen LogP contribution in [0, 0.1) is 10.1 Å². The lowest BCUT2D eigenvalue weighted by molar-refractivity contribution is -0.757. The Balaban J connectivity index is 0.000000445. The lowest BCUT2D eigenvalue weighted by Crippen LogP contribution is -2.33. The Hall–Kier alpha value is -2.68. The third-order valence-electron chi connectivity index (χ3n) is 3.62. The molecule has 150 valence electrons. The Morgan fingerprint density at radius 3 is 2.26 bits per heavy atom. The first-order valence-corrected chi connectivity index (χ1v) is 9.07. The fourth-order valence-corrected chi connectivity index (χ4v) is 2.41. The highest BCUT2D eigenvalue weighted by atomic mass is 16.9. The number of nitrogens with one attached hydrogen (secondary N) is 1. The van der Waals surface area contributed by atoms with Gasteiger partial charge in [-0.1, -0.05) is 13.8 Å². The zero-order valence-corrected chi connectivity index (χ0v) is 16.0. The number of hydrogen-bond donors (Lipinski definition) is 1. The summed E-state index contributed by atoms with van der Waals surface area (Å²) < 4.78 is 5.27. The molecule has 1 aromatic rings. The second-order valence-corrected chi connectivity index (χ2v) is 5.71. The van der Waals surface area contributed by atoms with Crippen molar-refractivity contribution in [1.82, 2.24) is 10.2 Å². The van der Waals surface area contributed by atoms with E-state index in [1.165, 1.54) is 38.1 Å². The van der Waals surface area contributed by atoms with Crippen molar-refractivity contribution in [2.75, 3.05) is 32.8 Å². The summed E-state index contributed by atoms with van der Waals surface area (Å²) in [4.78, 5) is 39.1. The first-order valence-electron chi connectivity index (χ1n) is 9.07. The number of carbonyl (C=O) groups excluding carboxylic acids is 2. The second kappa shape index (κ2) is 11.8. The molecule has 1 aliphatic rings. The van der Waals surface area contributed by atoms with Gasteiger partial charge in [-0.15, -0.1) is 10.1 Å². The predicted molar refractivity (Wildman–Crippen MR) is 99.4 cm³/mol. The number of rotatable bonds is 10. The molecule has 0 atom stereocenters. The molecule has 0 aliphatic carbocycles. The van der Waals surface area contributed by atoms with Gasteiger partial charge in [-0.2, -0.15) is 0 Å². The minimum Gasteiger partial charge on any atom is -0.494 e. The van der Waals surface area contributed by atoms with Gasteiger partial charge < -0.3 is 14.9 Å². The molecule has 2 rings (SSSR count). The van der Waals surface area contributed by atoms with Gasteiger partial charge in [0, 0.05) is 0 Å². The lowest BCUT2D eigenvalue weighted by Gasteiger charge is -2.12. The summed E-state index contributed by atoms with van der Waals surface area (Å²) in [5, 5.41) is 12.4. The van der Waals surface area contributed by atoms with Crippen molar-refractivity contribution in [1.29, 1.82) is 0 Å². The Bertz CT molecular complexity index is 646. The van der Waals surface area contributed by atoms with Gasteiger partial charge in [0.2, 0.25) is 0 Å². The van der Waals surface area contributed by atoms with E-state index in [0.717, 1.165) is 4.90 Å². The monoisotopic (exact) mass is 381 g/mol. The molecular weight excluding hydrogens is 354 g/mol. The Morgan fingerprint density at radius 2 is 1.70 bits per heavy atom. The maximum absolute atomic E-state index is 12.1. The molecule has 1 N–H and O–H groups in total. The van der Waals surface area contributed by atoms with Gasteiger partial charge in [0.15, 0.2) is 0 Å². The third-order valence-corrected chi connectivity index (χ3v) is 3.62. The van der Waals surface area contributed by atoms with Crippen LogP contribution in [0.15, 0.2) is 18.2 Å². The third kappa shape index (κ3) is 6.86. The Kier molecular flexibility index (Phi) is 9.81. The first-order chi connectivity index (χ1) is 13.0. The molecule has 27 heavy (non-hydrogen) atoms. The summed E-state index contributed by atoms with van der Waals surface area (Å²) in [7, 11) is 0. The maximum Gasteiger partial charge on any atom is 0.294 e. The molecule has 0 saturated carbocycles. The molecule has 1 aromatic carbocycles. The largest absolute Gasteiger partial charge is 0.494 e. The summed E-state index contributed by atoms with van der Waals surface area (Å²) in [6, 6.07) is 4.60. The van der Waals surface area contributed by atoms with Crippen molar-refractivity contribution < 1.29 is 24.3 Å². The highest BCUT2D eigenvalue weighted by Crippen LogP contribution is 2.26. The molecule has 0 aromatic heterocycles. The minimum absolute atomic E-state index is 0.169. The zero-order valence-electron chi connectivity index (χ0n) is 16.0. The van der Waals surface area contributed by atoms with Crippen LogP contribution in [0.3, 0.4) is 0 Å². The molecule has 0 unspecified atom stereocenters. The summed E-state index contributed by atoms with van der Waals surface area (Å²) in [5.41, 5.74) is 0.501. The normalized spacial score (nSPS) is 12.3. The average molecular weight is 381 g/mol. The van der Waals surface area contributed by atoms with Crippen LogP contribution in [0.25, 0.3) is 0 Å². The number of nitrogens with zero attached hydrogens (tertiary/aromatic N) is 2. The van der Waals surface area contributed by atoms with Gasteiger partial charge in [-0.25, -0.2) is 0 Å². The van der Waals surface area contributed by atoms with Crippen LogP contribution in [0.1, 0.15) is 54.3 Å². The Labute approximate surface area is 158 Å². The smallest absolute Gasteiger partial charge is 0.294 e. The first kappa shape index (κ1) is 22.4. The van der Waals surface area contributed by atoms with Crippen molar-refractivity contribution in [2.45, 2.75) is 33.6 Å². The van der Waals surface area contributed by atoms with Crippen molar-refractivity contribution in [3.63, 3.8) is 0 Å². The van der Waals surface area contributed by atoms with Gasteiger partial charge in [-0.3, -0.25) is 14.5 Å². The zero-order chi connectivity index (χ0) is 20.2. The molecule has 0 saturated heterocycles. The van der Waals surface area contributed by atoms with Gasteiger partial charge in [0.05, 0.1) is 24.3 Å². The SMILES string of the molecule is CCCNCCC.CCOc1ccc2c(c1)C(=O)N(CCO[N+](=O)[O-])C2=O. The molecular formula is C18H27N3O6. The average Bonchev–Trinajstić information content (AvgIpc) is 2.87. The number of benzene rings is 1. The number of amides is 2. The van der Waals surface area contributed by atoms with Gasteiger partial charge in [0.25, 0.3) is 16.9 Å². The van der Waals surface area contributed by atoms with E-state index in [1.807, 2.05) is 0 Å². The van der Waals surface area contributed by atoms with E-state index in [1.54, 1.807) is 13.0 Å². The van der Waals surface area contributed by atoms with E-state index in [9.17, 15) is 19.7 Å². The highest BCUT2D eigenvalue weighted by Gasteiger charge is 2.35. The van der Waals surface area contributed by atoms with E-state index in [4.69, 9.17) is 4.74 Å². The van der Waals surface area contributed by atoms with Gasteiger partial charge in [0.1, 0.15) is 12.4 Å². The predicted octanol–water partition coefficient (Wildman–Crippen LogP) is 2.29. The van der Waals surface area contributed by atoms with Crippen LogP contribution in [0.2, 0.25) is 0 Å². The van der Waals surface area contributed by atoms with Gasteiger partial charge >= 0.3 is 0 Å². The van der Waals surface area contributed by atoms with Crippen LogP contribution >= 0.6 is 0 Å². The van der Waals surface area contributed by atoms with Crippen LogP contribution in [0.4, 0.5) is 0 Å². The molecule has 9 nitrogen and oxygen atoms in total. The van der Waals surface area contributed by atoms with E-state index >= 15 is 0 Å². The second-order valence-electron chi connectivity index (χ2n) is 5.71. The highest BCUT2D eigenvalue weighted by molar-refractivity contribution is 6.21. The van der Waals surface area contributed by atoms with E-state index in [0.29, 0.717) is 12.4 Å². The number of ether oxygens (including phenoxy) is 1. The van der Waals surface area contributed by atoms with Crippen molar-refractivity contribution in [3.05, 3.63) is 39.4 Å².